The third kappa shape index (κ3) is 2.90. The lowest BCUT2D eigenvalue weighted by atomic mass is 10.3. The van der Waals surface area contributed by atoms with Crippen molar-refractivity contribution >= 4 is 15.5 Å². The van der Waals surface area contributed by atoms with Crippen LogP contribution in [-0.4, -0.2) is 33.3 Å². The Morgan fingerprint density at radius 3 is 2.56 bits per heavy atom. The molecule has 0 atom stereocenters. The summed E-state index contributed by atoms with van der Waals surface area (Å²) in [5.41, 5.74) is -2.04. The summed E-state index contributed by atoms with van der Waals surface area (Å²) in [6.45, 7) is 1.42. The third-order valence-corrected chi connectivity index (χ3v) is 5.26. The van der Waals surface area contributed by atoms with Crippen LogP contribution in [0.5, 0.6) is 0 Å². The summed E-state index contributed by atoms with van der Waals surface area (Å²) in [5.74, 6) is -0.488. The summed E-state index contributed by atoms with van der Waals surface area (Å²) in [4.78, 5) is 16.1. The van der Waals surface area contributed by atoms with Crippen LogP contribution in [0, 0.1) is 0 Å². The lowest BCUT2D eigenvalue weighted by molar-refractivity contribution is -0.137. The van der Waals surface area contributed by atoms with E-state index in [0.717, 1.165) is 12.1 Å². The molecule has 7 nitrogen and oxygen atoms in total. The molecule has 25 heavy (non-hydrogen) atoms. The number of hydrogen-bond acceptors (Lipinski definition) is 5. The van der Waals surface area contributed by atoms with Crippen molar-refractivity contribution in [3.63, 3.8) is 0 Å². The molecule has 0 aliphatic rings. The summed E-state index contributed by atoms with van der Waals surface area (Å²) < 4.78 is 64.1. The predicted octanol–water partition coefficient (Wildman–Crippen LogP) is 1.69. The Balaban J connectivity index is 2.29. The van der Waals surface area contributed by atoms with Gasteiger partial charge in [0.2, 0.25) is 0 Å². The van der Waals surface area contributed by atoms with E-state index in [0.29, 0.717) is 15.3 Å². The van der Waals surface area contributed by atoms with Gasteiger partial charge in [0.25, 0.3) is 0 Å². The number of rotatable bonds is 3. The normalized spacial score (nSPS) is 12.6. The third-order valence-electron chi connectivity index (χ3n) is 3.51. The van der Waals surface area contributed by atoms with Gasteiger partial charge in [-0.2, -0.15) is 17.9 Å². The molecule has 3 aromatic heterocycles. The topological polar surface area (TPSA) is 86.3 Å². The Labute approximate surface area is 139 Å². The maximum atomic E-state index is 12.8. The van der Waals surface area contributed by atoms with Gasteiger partial charge in [-0.05, 0) is 24.3 Å². The van der Waals surface area contributed by atoms with E-state index in [-0.39, 0.29) is 22.1 Å². The number of nitrogens with zero attached hydrogens (tertiary/aromatic N) is 4. The highest BCUT2D eigenvalue weighted by Crippen LogP contribution is 2.28. The molecule has 0 unspecified atom stereocenters. The van der Waals surface area contributed by atoms with Gasteiger partial charge < -0.3 is 0 Å². The zero-order valence-corrected chi connectivity index (χ0v) is 13.5. The van der Waals surface area contributed by atoms with Gasteiger partial charge >= 0.3 is 11.9 Å². The van der Waals surface area contributed by atoms with Crippen LogP contribution < -0.4 is 5.69 Å². The van der Waals surface area contributed by atoms with Crippen molar-refractivity contribution in [3.8, 4) is 5.82 Å². The smallest absolute Gasteiger partial charge is 0.249 e. The Morgan fingerprint density at radius 2 is 1.92 bits per heavy atom. The molecule has 0 saturated heterocycles. The predicted molar refractivity (Wildman–Crippen MR) is 81.3 cm³/mol. The SMILES string of the molecule is CCS(=O)(=O)c1cccnc1-n1nc2ccc(C(F)(F)F)cn2c1=O. The highest BCUT2D eigenvalue weighted by molar-refractivity contribution is 7.91. The van der Waals surface area contributed by atoms with Crippen LogP contribution in [0.3, 0.4) is 0 Å². The molecule has 0 amide bonds. The molecule has 0 radical (unpaired) electrons. The first kappa shape index (κ1) is 17.1. The second-order valence-corrected chi connectivity index (χ2v) is 7.31. The molecule has 0 aliphatic carbocycles. The van der Waals surface area contributed by atoms with E-state index in [2.05, 4.69) is 10.1 Å². The number of halogens is 3. The molecule has 3 rings (SSSR count). The van der Waals surface area contributed by atoms with E-state index in [4.69, 9.17) is 0 Å². The lowest BCUT2D eigenvalue weighted by Crippen LogP contribution is -2.23. The first-order chi connectivity index (χ1) is 11.6. The van der Waals surface area contributed by atoms with Gasteiger partial charge in [-0.1, -0.05) is 6.92 Å². The quantitative estimate of drug-likeness (QED) is 0.698. The molecule has 0 saturated carbocycles. The first-order valence-electron chi connectivity index (χ1n) is 7.02. The number of aromatic nitrogens is 4. The van der Waals surface area contributed by atoms with E-state index in [1.807, 2.05) is 0 Å². The number of sulfone groups is 1. The average molecular weight is 372 g/mol. The Morgan fingerprint density at radius 1 is 1.20 bits per heavy atom. The summed E-state index contributed by atoms with van der Waals surface area (Å²) in [5, 5.41) is 3.89. The lowest BCUT2D eigenvalue weighted by Gasteiger charge is -2.06. The van der Waals surface area contributed by atoms with E-state index >= 15 is 0 Å². The molecule has 0 bridgehead atoms. The summed E-state index contributed by atoms with van der Waals surface area (Å²) in [6, 6.07) is 4.46. The monoisotopic (exact) mass is 372 g/mol. The van der Waals surface area contributed by atoms with Crippen LogP contribution >= 0.6 is 0 Å². The van der Waals surface area contributed by atoms with Gasteiger partial charge in [-0.3, -0.25) is 0 Å². The average Bonchev–Trinajstić information content (AvgIpc) is 2.90. The van der Waals surface area contributed by atoms with Crippen molar-refractivity contribution in [2.24, 2.45) is 0 Å². The van der Waals surface area contributed by atoms with Gasteiger partial charge in [0.15, 0.2) is 21.3 Å². The summed E-state index contributed by atoms with van der Waals surface area (Å²) in [6.07, 6.45) is -2.75. The van der Waals surface area contributed by atoms with E-state index < -0.39 is 27.3 Å². The molecule has 132 valence electrons. The van der Waals surface area contributed by atoms with Crippen molar-refractivity contribution in [1.29, 1.82) is 0 Å². The molecule has 0 aliphatic heterocycles. The van der Waals surface area contributed by atoms with Gasteiger partial charge in [-0.25, -0.2) is 22.6 Å². The van der Waals surface area contributed by atoms with Crippen molar-refractivity contribution in [1.82, 2.24) is 19.2 Å². The molecule has 0 fully saturated rings. The van der Waals surface area contributed by atoms with Crippen LogP contribution in [0.1, 0.15) is 12.5 Å². The number of hydrogen-bond donors (Lipinski definition) is 0. The van der Waals surface area contributed by atoms with E-state index in [9.17, 15) is 26.4 Å². The van der Waals surface area contributed by atoms with Gasteiger partial charge in [0.1, 0.15) is 4.90 Å². The minimum Gasteiger partial charge on any atom is -0.249 e. The highest BCUT2D eigenvalue weighted by atomic mass is 32.2. The molecule has 0 spiro atoms. The van der Waals surface area contributed by atoms with Crippen LogP contribution in [-0.2, 0) is 16.0 Å². The zero-order valence-electron chi connectivity index (χ0n) is 12.7. The highest BCUT2D eigenvalue weighted by Gasteiger charge is 2.31. The number of fused-ring (bicyclic) bond motifs is 1. The largest absolute Gasteiger partial charge is 0.417 e. The molecule has 0 N–H and O–H groups in total. The summed E-state index contributed by atoms with van der Waals surface area (Å²) >= 11 is 0. The zero-order chi connectivity index (χ0) is 18.4. The minimum absolute atomic E-state index is 0.0662. The van der Waals surface area contributed by atoms with Crippen LogP contribution in [0.4, 0.5) is 13.2 Å². The maximum absolute atomic E-state index is 12.8. The number of pyridine rings is 2. The van der Waals surface area contributed by atoms with Crippen molar-refractivity contribution < 1.29 is 21.6 Å². The molecule has 11 heteroatoms. The van der Waals surface area contributed by atoms with Crippen molar-refractivity contribution in [2.75, 3.05) is 5.75 Å². The fraction of sp³-hybridized carbons (Fsp3) is 0.214. The van der Waals surface area contributed by atoms with Gasteiger partial charge in [-0.15, -0.1) is 5.10 Å². The fourth-order valence-electron chi connectivity index (χ4n) is 2.22. The minimum atomic E-state index is -4.63. The van der Waals surface area contributed by atoms with Gasteiger partial charge in [0.05, 0.1) is 11.3 Å². The van der Waals surface area contributed by atoms with Crippen molar-refractivity contribution in [2.45, 2.75) is 18.0 Å². The summed E-state index contributed by atoms with van der Waals surface area (Å²) in [7, 11) is -3.71. The first-order valence-corrected chi connectivity index (χ1v) is 8.67. The fourth-order valence-corrected chi connectivity index (χ4v) is 3.23. The van der Waals surface area contributed by atoms with Gasteiger partial charge in [0, 0.05) is 12.4 Å². The molecular weight excluding hydrogens is 361 g/mol. The molecule has 3 aromatic rings. The maximum Gasteiger partial charge on any atom is 0.417 e. The van der Waals surface area contributed by atoms with Crippen molar-refractivity contribution in [3.05, 3.63) is 52.7 Å². The Bertz CT molecular complexity index is 1120. The molecular formula is C14H11F3N4O3S. The van der Waals surface area contributed by atoms with Crippen LogP contribution in [0.15, 0.2) is 46.3 Å². The van der Waals surface area contributed by atoms with Crippen LogP contribution in [0.2, 0.25) is 0 Å². The molecule has 3 heterocycles. The Hall–Kier alpha value is -2.69. The Kier molecular flexibility index (Phi) is 3.90. The van der Waals surface area contributed by atoms with Crippen LogP contribution in [0.25, 0.3) is 11.5 Å². The second-order valence-electron chi connectivity index (χ2n) is 5.07. The standard InChI is InChI=1S/C14H11F3N4O3S/c1-2-25(23,24)10-4-3-7-18-12(10)21-13(22)20-8-9(14(15,16)17)5-6-11(20)19-21/h3-8H,2H2,1H3. The van der Waals surface area contributed by atoms with E-state index in [1.54, 1.807) is 0 Å². The molecule has 0 aromatic carbocycles. The second kappa shape index (κ2) is 5.69. The van der Waals surface area contributed by atoms with E-state index in [1.165, 1.54) is 25.3 Å². The number of alkyl halides is 3.